The van der Waals surface area contributed by atoms with Gasteiger partial charge in [-0.15, -0.1) is 13.2 Å². The van der Waals surface area contributed by atoms with E-state index in [0.29, 0.717) is 0 Å². The van der Waals surface area contributed by atoms with Gasteiger partial charge in [-0.25, -0.2) is 0 Å². The molecule has 7 heteroatoms. The van der Waals surface area contributed by atoms with Crippen LogP contribution in [0.15, 0.2) is 24.3 Å². The number of hydrogen-bond acceptors (Lipinski definition) is 3. The van der Waals surface area contributed by atoms with Crippen molar-refractivity contribution in [3.05, 3.63) is 29.8 Å². The molecule has 17 heavy (non-hydrogen) atoms. The van der Waals surface area contributed by atoms with Gasteiger partial charge in [0, 0.05) is 0 Å². The molecule has 0 heterocycles. The van der Waals surface area contributed by atoms with Crippen LogP contribution in [-0.2, 0) is 4.79 Å². The summed E-state index contributed by atoms with van der Waals surface area (Å²) in [6, 6.07) is 5.63. The van der Waals surface area contributed by atoms with Crippen molar-refractivity contribution in [2.75, 3.05) is 0 Å². The second-order valence-corrected chi connectivity index (χ2v) is 3.02. The Bertz CT molecular complexity index is 447. The van der Waals surface area contributed by atoms with E-state index < -0.39 is 24.0 Å². The van der Waals surface area contributed by atoms with E-state index in [-0.39, 0.29) is 5.56 Å². The summed E-state index contributed by atoms with van der Waals surface area (Å²) in [5, 5.41) is 17.2. The van der Waals surface area contributed by atoms with Gasteiger partial charge >= 0.3 is 12.3 Å². The molecule has 0 aliphatic heterocycles. The van der Waals surface area contributed by atoms with Crippen molar-refractivity contribution >= 4 is 5.97 Å². The van der Waals surface area contributed by atoms with Crippen molar-refractivity contribution in [1.82, 2.24) is 0 Å². The van der Waals surface area contributed by atoms with E-state index in [0.717, 1.165) is 24.3 Å². The van der Waals surface area contributed by atoms with Crippen LogP contribution < -0.4 is 4.74 Å². The summed E-state index contributed by atoms with van der Waals surface area (Å²) >= 11 is 0. The molecule has 0 aliphatic rings. The Morgan fingerprint density at radius 1 is 1.35 bits per heavy atom. The van der Waals surface area contributed by atoms with Crippen molar-refractivity contribution in [1.29, 1.82) is 5.26 Å². The maximum absolute atomic E-state index is 11.8. The van der Waals surface area contributed by atoms with Crippen LogP contribution in [0.1, 0.15) is 11.5 Å². The highest BCUT2D eigenvalue weighted by molar-refractivity contribution is 5.79. The number of alkyl halides is 3. The first kappa shape index (κ1) is 12.8. The molecular weight excluding hydrogens is 239 g/mol. The maximum Gasteiger partial charge on any atom is 0.573 e. The minimum atomic E-state index is -4.80. The standard InChI is InChI=1S/C10H6F3NO3/c11-10(12,13)17-7-3-1-6(2-4-7)8(5-14)9(15)16/h1-4,8H,(H,15,16). The van der Waals surface area contributed by atoms with E-state index in [4.69, 9.17) is 10.4 Å². The Hall–Kier alpha value is -2.23. The van der Waals surface area contributed by atoms with Gasteiger partial charge in [-0.1, -0.05) is 12.1 Å². The first-order valence-corrected chi connectivity index (χ1v) is 4.31. The maximum atomic E-state index is 11.8. The van der Waals surface area contributed by atoms with E-state index in [2.05, 4.69) is 4.74 Å². The molecule has 0 aliphatic carbocycles. The molecule has 1 aromatic rings. The summed E-state index contributed by atoms with van der Waals surface area (Å²) in [5.41, 5.74) is 0.0922. The molecule has 0 spiro atoms. The Labute approximate surface area is 93.8 Å². The summed E-state index contributed by atoms with van der Waals surface area (Å²) < 4.78 is 39.1. The van der Waals surface area contributed by atoms with E-state index in [1.54, 1.807) is 0 Å². The average Bonchev–Trinajstić information content (AvgIpc) is 2.18. The van der Waals surface area contributed by atoms with Gasteiger partial charge in [-0.2, -0.15) is 5.26 Å². The van der Waals surface area contributed by atoms with E-state index in [9.17, 15) is 18.0 Å². The number of rotatable bonds is 3. The first-order chi connectivity index (χ1) is 7.83. The number of carbonyl (C=O) groups is 1. The lowest BCUT2D eigenvalue weighted by Crippen LogP contribution is -2.17. The monoisotopic (exact) mass is 245 g/mol. The normalized spacial score (nSPS) is 12.6. The predicted molar refractivity (Wildman–Crippen MR) is 49.1 cm³/mol. The second-order valence-electron chi connectivity index (χ2n) is 3.02. The third-order valence-corrected chi connectivity index (χ3v) is 1.82. The van der Waals surface area contributed by atoms with E-state index in [1.807, 2.05) is 0 Å². The lowest BCUT2D eigenvalue weighted by molar-refractivity contribution is -0.274. The van der Waals surface area contributed by atoms with Crippen molar-refractivity contribution < 1.29 is 27.8 Å². The van der Waals surface area contributed by atoms with Crippen LogP contribution in [-0.4, -0.2) is 17.4 Å². The van der Waals surface area contributed by atoms with Crippen LogP contribution in [0.2, 0.25) is 0 Å². The van der Waals surface area contributed by atoms with Gasteiger partial charge in [0.25, 0.3) is 0 Å². The van der Waals surface area contributed by atoms with Crippen LogP contribution in [0.25, 0.3) is 0 Å². The molecule has 1 unspecified atom stereocenters. The minimum absolute atomic E-state index is 0.0922. The molecule has 0 bridgehead atoms. The van der Waals surface area contributed by atoms with Crippen molar-refractivity contribution in [2.24, 2.45) is 0 Å². The van der Waals surface area contributed by atoms with Gasteiger partial charge in [-0.3, -0.25) is 4.79 Å². The zero-order valence-electron chi connectivity index (χ0n) is 8.23. The summed E-state index contributed by atoms with van der Waals surface area (Å²) in [6.45, 7) is 0. The second kappa shape index (κ2) is 4.74. The summed E-state index contributed by atoms with van der Waals surface area (Å²) in [6.07, 6.45) is -4.80. The number of benzene rings is 1. The lowest BCUT2D eigenvalue weighted by atomic mass is 10.0. The van der Waals surface area contributed by atoms with Crippen LogP contribution in [0.3, 0.4) is 0 Å². The highest BCUT2D eigenvalue weighted by Crippen LogP contribution is 2.24. The van der Waals surface area contributed by atoms with Gasteiger partial charge in [0.1, 0.15) is 5.75 Å². The van der Waals surface area contributed by atoms with Gasteiger partial charge in [0.15, 0.2) is 5.92 Å². The van der Waals surface area contributed by atoms with Crippen LogP contribution in [0.5, 0.6) is 5.75 Å². The molecule has 0 amide bonds. The van der Waals surface area contributed by atoms with Crippen molar-refractivity contribution in [2.45, 2.75) is 12.3 Å². The fraction of sp³-hybridized carbons (Fsp3) is 0.200. The van der Waals surface area contributed by atoms with Gasteiger partial charge in [0.2, 0.25) is 0 Å². The molecule has 90 valence electrons. The molecule has 0 aromatic heterocycles. The predicted octanol–water partition coefficient (Wildman–Crippen LogP) is 2.28. The van der Waals surface area contributed by atoms with Gasteiger partial charge in [0.05, 0.1) is 6.07 Å². The number of carboxylic acid groups (broad SMARTS) is 1. The third kappa shape index (κ3) is 3.68. The van der Waals surface area contributed by atoms with Crippen LogP contribution >= 0.6 is 0 Å². The minimum Gasteiger partial charge on any atom is -0.480 e. The van der Waals surface area contributed by atoms with Crippen molar-refractivity contribution in [3.63, 3.8) is 0 Å². The van der Waals surface area contributed by atoms with Crippen LogP contribution in [0, 0.1) is 11.3 Å². The fourth-order valence-electron chi connectivity index (χ4n) is 1.13. The SMILES string of the molecule is N#CC(C(=O)O)c1ccc(OC(F)(F)F)cc1. The van der Waals surface area contributed by atoms with E-state index in [1.165, 1.54) is 6.07 Å². The summed E-state index contributed by atoms with van der Waals surface area (Å²) in [7, 11) is 0. The smallest absolute Gasteiger partial charge is 0.480 e. The number of carboxylic acids is 1. The summed E-state index contributed by atoms with van der Waals surface area (Å²) in [4.78, 5) is 10.6. The molecule has 1 rings (SSSR count). The molecular formula is C10H6F3NO3. The molecule has 0 radical (unpaired) electrons. The Morgan fingerprint density at radius 2 is 1.88 bits per heavy atom. The number of nitriles is 1. The first-order valence-electron chi connectivity index (χ1n) is 4.31. The number of halogens is 3. The molecule has 1 atom stereocenters. The zero-order valence-corrected chi connectivity index (χ0v) is 8.23. The highest BCUT2D eigenvalue weighted by Gasteiger charge is 2.31. The fourth-order valence-corrected chi connectivity index (χ4v) is 1.13. The summed E-state index contributed by atoms with van der Waals surface area (Å²) in [5.74, 6) is -3.24. The number of nitrogens with zero attached hydrogens (tertiary/aromatic N) is 1. The third-order valence-electron chi connectivity index (χ3n) is 1.82. The topological polar surface area (TPSA) is 70.3 Å². The Kier molecular flexibility index (Phi) is 3.58. The highest BCUT2D eigenvalue weighted by atomic mass is 19.4. The lowest BCUT2D eigenvalue weighted by Gasteiger charge is -2.09. The molecule has 1 N–H and O–H groups in total. The quantitative estimate of drug-likeness (QED) is 0.886. The molecule has 0 saturated carbocycles. The number of ether oxygens (including phenoxy) is 1. The molecule has 0 fully saturated rings. The molecule has 4 nitrogen and oxygen atoms in total. The van der Waals surface area contributed by atoms with Crippen molar-refractivity contribution in [3.8, 4) is 11.8 Å². The Morgan fingerprint density at radius 3 is 2.24 bits per heavy atom. The molecule has 1 aromatic carbocycles. The van der Waals surface area contributed by atoms with E-state index >= 15 is 0 Å². The Balaban J connectivity index is 2.89. The van der Waals surface area contributed by atoms with Crippen LogP contribution in [0.4, 0.5) is 13.2 Å². The largest absolute Gasteiger partial charge is 0.573 e. The average molecular weight is 245 g/mol. The number of hydrogen-bond donors (Lipinski definition) is 1. The molecule has 0 saturated heterocycles. The zero-order chi connectivity index (χ0) is 13.1. The van der Waals surface area contributed by atoms with Gasteiger partial charge in [-0.05, 0) is 17.7 Å². The van der Waals surface area contributed by atoms with Gasteiger partial charge < -0.3 is 9.84 Å². The number of aliphatic carboxylic acids is 1.